The zero-order valence-electron chi connectivity index (χ0n) is 14.8. The quantitative estimate of drug-likeness (QED) is 0.829. The molecule has 132 valence electrons. The average Bonchev–Trinajstić information content (AvgIpc) is 3.03. The van der Waals surface area contributed by atoms with Gasteiger partial charge in [0.15, 0.2) is 0 Å². The van der Waals surface area contributed by atoms with Gasteiger partial charge in [0.25, 0.3) is 0 Å². The molecule has 25 heavy (non-hydrogen) atoms. The normalized spacial score (nSPS) is 19.6. The smallest absolute Gasteiger partial charge is 0.475 e. The number of nitrogens with two attached hydrogens (primary N) is 1. The van der Waals surface area contributed by atoms with E-state index in [0.29, 0.717) is 12.1 Å². The van der Waals surface area contributed by atoms with Crippen LogP contribution in [-0.4, -0.2) is 35.9 Å². The van der Waals surface area contributed by atoms with Crippen LogP contribution in [0.4, 0.5) is 0 Å². The minimum atomic E-state index is -1.09. The van der Waals surface area contributed by atoms with Gasteiger partial charge < -0.3 is 24.6 Å². The van der Waals surface area contributed by atoms with Crippen LogP contribution < -0.4 is 5.73 Å². The van der Waals surface area contributed by atoms with Crippen LogP contribution in [0.1, 0.15) is 43.8 Å². The Labute approximate surface area is 146 Å². The monoisotopic (exact) mass is 343 g/mol. The van der Waals surface area contributed by atoms with Gasteiger partial charge in [-0.25, -0.2) is 4.79 Å². The van der Waals surface area contributed by atoms with E-state index in [1.807, 2.05) is 45.9 Å². The number of fused-ring (bicyclic) bond motifs is 1. The number of carboxylic acids is 1. The molecule has 1 fully saturated rings. The van der Waals surface area contributed by atoms with Gasteiger partial charge in [-0.1, -0.05) is 12.1 Å². The average molecular weight is 343 g/mol. The van der Waals surface area contributed by atoms with Gasteiger partial charge in [-0.15, -0.1) is 0 Å². The van der Waals surface area contributed by atoms with Crippen LogP contribution in [0.15, 0.2) is 34.2 Å². The molecule has 1 aliphatic heterocycles. The summed E-state index contributed by atoms with van der Waals surface area (Å²) >= 11 is 0. The fourth-order valence-electron chi connectivity index (χ4n) is 2.69. The molecule has 0 unspecified atom stereocenters. The lowest BCUT2D eigenvalue weighted by Crippen LogP contribution is -2.41. The minimum absolute atomic E-state index is 0.0823. The van der Waals surface area contributed by atoms with E-state index < -0.39 is 24.3 Å². The molecule has 0 bridgehead atoms. The van der Waals surface area contributed by atoms with Crippen molar-refractivity contribution in [3.8, 4) is 0 Å². The van der Waals surface area contributed by atoms with Crippen LogP contribution in [0, 0.1) is 0 Å². The molecule has 0 atom stereocenters. The summed E-state index contributed by atoms with van der Waals surface area (Å²) in [6.45, 7) is 8.26. The van der Waals surface area contributed by atoms with E-state index in [9.17, 15) is 4.79 Å². The predicted octanol–water partition coefficient (Wildman–Crippen LogP) is 3.10. The standard InChI is InChI=1S/C18H22BNO5/c1-17(2)18(3,4)25-19(24-17)13(10-20)8-11-5-6-14-12(7-11)9-15(23-14)16(21)22/h5-9H,10,20H2,1-4H3,(H,21,22). The Bertz CT molecular complexity index is 836. The molecule has 0 aliphatic carbocycles. The summed E-state index contributed by atoms with van der Waals surface area (Å²) in [5, 5.41) is 9.74. The van der Waals surface area contributed by atoms with Gasteiger partial charge in [0.1, 0.15) is 5.58 Å². The van der Waals surface area contributed by atoms with Gasteiger partial charge in [-0.05, 0) is 56.9 Å². The molecule has 3 rings (SSSR count). The Balaban J connectivity index is 1.92. The predicted molar refractivity (Wildman–Crippen MR) is 96.3 cm³/mol. The minimum Gasteiger partial charge on any atom is -0.475 e. The fourth-order valence-corrected chi connectivity index (χ4v) is 2.69. The third-order valence-electron chi connectivity index (χ3n) is 4.89. The van der Waals surface area contributed by atoms with Gasteiger partial charge in [-0.3, -0.25) is 0 Å². The third-order valence-corrected chi connectivity index (χ3v) is 4.89. The van der Waals surface area contributed by atoms with Crippen LogP contribution in [0.2, 0.25) is 0 Å². The lowest BCUT2D eigenvalue weighted by Gasteiger charge is -2.32. The number of hydrogen-bond donors (Lipinski definition) is 2. The van der Waals surface area contributed by atoms with Gasteiger partial charge >= 0.3 is 13.1 Å². The molecule has 0 radical (unpaired) electrons. The molecule has 6 nitrogen and oxygen atoms in total. The molecule has 7 heteroatoms. The van der Waals surface area contributed by atoms with E-state index >= 15 is 0 Å². The Morgan fingerprint density at radius 1 is 1.20 bits per heavy atom. The lowest BCUT2D eigenvalue weighted by atomic mass is 9.77. The molecule has 0 amide bonds. The second kappa shape index (κ2) is 6.02. The summed E-state index contributed by atoms with van der Waals surface area (Å²) in [4.78, 5) is 11.0. The lowest BCUT2D eigenvalue weighted by molar-refractivity contribution is 0.00578. The Morgan fingerprint density at radius 2 is 1.84 bits per heavy atom. The molecule has 3 N–H and O–H groups in total. The number of hydrogen-bond acceptors (Lipinski definition) is 5. The van der Waals surface area contributed by atoms with E-state index in [1.165, 1.54) is 6.07 Å². The zero-order valence-corrected chi connectivity index (χ0v) is 14.8. The van der Waals surface area contributed by atoms with Gasteiger partial charge in [-0.2, -0.15) is 0 Å². The van der Waals surface area contributed by atoms with Crippen LogP contribution >= 0.6 is 0 Å². The summed E-state index contributed by atoms with van der Waals surface area (Å²) in [7, 11) is -0.510. The van der Waals surface area contributed by atoms with E-state index in [-0.39, 0.29) is 5.76 Å². The molecule has 1 aromatic heterocycles. The molecular formula is C18H22BNO5. The Kier molecular flexibility index (Phi) is 4.27. The number of furan rings is 1. The van der Waals surface area contributed by atoms with Crippen LogP contribution in [-0.2, 0) is 9.31 Å². The summed E-state index contributed by atoms with van der Waals surface area (Å²) in [6, 6.07) is 6.95. The molecule has 0 saturated carbocycles. The summed E-state index contributed by atoms with van der Waals surface area (Å²) in [5.74, 6) is -1.17. The van der Waals surface area contributed by atoms with Crippen molar-refractivity contribution in [2.75, 3.05) is 6.54 Å². The van der Waals surface area contributed by atoms with Crippen molar-refractivity contribution in [1.29, 1.82) is 0 Å². The third kappa shape index (κ3) is 3.22. The maximum atomic E-state index is 11.0. The summed E-state index contributed by atoms with van der Waals surface area (Å²) in [5.41, 5.74) is 7.26. The van der Waals surface area contributed by atoms with Crippen molar-refractivity contribution >= 4 is 30.1 Å². The number of benzene rings is 1. The number of carbonyl (C=O) groups is 1. The van der Waals surface area contributed by atoms with Crippen LogP contribution in [0.5, 0.6) is 0 Å². The van der Waals surface area contributed by atoms with Crippen molar-refractivity contribution in [3.05, 3.63) is 41.1 Å². The molecule has 1 aromatic carbocycles. The van der Waals surface area contributed by atoms with E-state index in [4.69, 9.17) is 24.6 Å². The molecule has 1 saturated heterocycles. The first-order valence-electron chi connectivity index (χ1n) is 8.16. The van der Waals surface area contributed by atoms with E-state index in [1.54, 1.807) is 6.07 Å². The van der Waals surface area contributed by atoms with Crippen molar-refractivity contribution in [2.45, 2.75) is 38.9 Å². The highest BCUT2D eigenvalue weighted by atomic mass is 16.7. The van der Waals surface area contributed by atoms with Crippen molar-refractivity contribution in [2.24, 2.45) is 5.73 Å². The molecule has 2 aromatic rings. The van der Waals surface area contributed by atoms with Crippen molar-refractivity contribution in [1.82, 2.24) is 0 Å². The zero-order chi connectivity index (χ0) is 18.4. The maximum absolute atomic E-state index is 11.0. The number of carboxylic acid groups (broad SMARTS) is 1. The Morgan fingerprint density at radius 3 is 2.40 bits per heavy atom. The summed E-state index contributed by atoms with van der Waals surface area (Å²) < 4.78 is 17.4. The number of aromatic carboxylic acids is 1. The first-order valence-corrected chi connectivity index (χ1v) is 8.16. The van der Waals surface area contributed by atoms with Gasteiger partial charge in [0, 0.05) is 11.9 Å². The second-order valence-electron chi connectivity index (χ2n) is 7.22. The molecular weight excluding hydrogens is 321 g/mol. The largest absolute Gasteiger partial charge is 0.491 e. The molecule has 2 heterocycles. The Hall–Kier alpha value is -2.09. The van der Waals surface area contributed by atoms with Gasteiger partial charge in [0.05, 0.1) is 11.2 Å². The number of rotatable bonds is 4. The fraction of sp³-hybridized carbons (Fsp3) is 0.389. The first kappa shape index (κ1) is 17.7. The molecule has 0 spiro atoms. The topological polar surface area (TPSA) is 94.9 Å². The maximum Gasteiger partial charge on any atom is 0.491 e. The van der Waals surface area contributed by atoms with E-state index in [2.05, 4.69) is 0 Å². The highest BCUT2D eigenvalue weighted by molar-refractivity contribution is 6.55. The van der Waals surface area contributed by atoms with Crippen molar-refractivity contribution < 1.29 is 23.6 Å². The van der Waals surface area contributed by atoms with Gasteiger partial charge in [0.2, 0.25) is 5.76 Å². The molecule has 1 aliphatic rings. The highest BCUT2D eigenvalue weighted by Gasteiger charge is 2.52. The highest BCUT2D eigenvalue weighted by Crippen LogP contribution is 2.38. The second-order valence-corrected chi connectivity index (χ2v) is 7.22. The van der Waals surface area contributed by atoms with Crippen molar-refractivity contribution in [3.63, 3.8) is 0 Å². The van der Waals surface area contributed by atoms with Crippen LogP contribution in [0.25, 0.3) is 17.0 Å². The summed E-state index contributed by atoms with van der Waals surface area (Å²) in [6.07, 6.45) is 1.91. The van der Waals surface area contributed by atoms with E-state index in [0.717, 1.165) is 16.4 Å². The SMILES string of the molecule is CC1(C)OB(C(=Cc2ccc3oc(C(=O)O)cc3c2)CN)OC1(C)C. The first-order chi connectivity index (χ1) is 11.6. The van der Waals surface area contributed by atoms with Crippen LogP contribution in [0.3, 0.4) is 0 Å².